The van der Waals surface area contributed by atoms with E-state index in [-0.39, 0.29) is 21.2 Å². The normalized spacial score (nSPS) is 11.1. The molecule has 3 amide bonds. The molecule has 2 heterocycles. The van der Waals surface area contributed by atoms with Gasteiger partial charge in [-0.1, -0.05) is 0 Å². The molecule has 2 aromatic heterocycles. The summed E-state index contributed by atoms with van der Waals surface area (Å²) in [6.45, 7) is 0. The number of nitrogens with zero attached hydrogens (tertiary/aromatic N) is 3. The molecule has 0 saturated carbocycles. The van der Waals surface area contributed by atoms with Gasteiger partial charge in [0.25, 0.3) is 5.91 Å². The third-order valence-electron chi connectivity index (χ3n) is 3.58. The number of carbonyl (C=O) groups excluding carboxylic acids is 2. The van der Waals surface area contributed by atoms with Gasteiger partial charge < -0.3 is 16.8 Å². The van der Waals surface area contributed by atoms with Crippen molar-refractivity contribution in [2.45, 2.75) is 9.79 Å². The summed E-state index contributed by atoms with van der Waals surface area (Å²) in [5.74, 6) is -0.852. The molecule has 1 aromatic carbocycles. The van der Waals surface area contributed by atoms with Gasteiger partial charge >= 0.3 is 6.03 Å². The lowest BCUT2D eigenvalue weighted by molar-refractivity contribution is 0.0996. The Hall–Kier alpha value is -3.73. The molecule has 27 heavy (non-hydrogen) atoms. The zero-order valence-corrected chi connectivity index (χ0v) is 14.6. The van der Waals surface area contributed by atoms with E-state index in [1.165, 1.54) is 59.7 Å². The Balaban J connectivity index is 1.97. The number of amides is 3. The number of aromatic nitrogens is 3. The fourth-order valence-electron chi connectivity index (χ4n) is 2.34. The number of nitrogens with one attached hydrogen (secondary N) is 1. The number of anilines is 1. The average molecular weight is 386 g/mol. The molecule has 0 bridgehead atoms. The largest absolute Gasteiger partial charge is 0.364 e. The van der Waals surface area contributed by atoms with Crippen molar-refractivity contribution in [2.24, 2.45) is 11.5 Å². The fraction of sp³-hybridized carbons (Fsp3) is 0. The standard InChI is InChI=1S/C16H14N6O4S/c17-15(23)14-13(20-16(18)24)9-22(21-14)10-1-3-11(4-2-10)27(25,26)12-5-7-19-8-6-12/h1-9H,(H2,17,23)(H3,18,20,24). The highest BCUT2D eigenvalue weighted by atomic mass is 32.2. The summed E-state index contributed by atoms with van der Waals surface area (Å²) in [4.78, 5) is 26.5. The van der Waals surface area contributed by atoms with Crippen molar-refractivity contribution in [2.75, 3.05) is 5.32 Å². The number of pyridine rings is 1. The van der Waals surface area contributed by atoms with Crippen LogP contribution in [0.2, 0.25) is 0 Å². The lowest BCUT2D eigenvalue weighted by Gasteiger charge is -2.06. The highest BCUT2D eigenvalue weighted by Crippen LogP contribution is 2.22. The lowest BCUT2D eigenvalue weighted by atomic mass is 10.3. The summed E-state index contributed by atoms with van der Waals surface area (Å²) < 4.78 is 26.4. The first-order valence-electron chi connectivity index (χ1n) is 7.50. The third-order valence-corrected chi connectivity index (χ3v) is 5.36. The topological polar surface area (TPSA) is 163 Å². The third kappa shape index (κ3) is 3.62. The van der Waals surface area contributed by atoms with Gasteiger partial charge in [0.2, 0.25) is 9.84 Å². The van der Waals surface area contributed by atoms with E-state index in [1.807, 2.05) is 0 Å². The SMILES string of the molecule is NC(=O)Nc1cn(-c2ccc(S(=O)(=O)c3ccncc3)cc2)nc1C(N)=O. The average Bonchev–Trinajstić information content (AvgIpc) is 3.06. The molecule has 0 aliphatic carbocycles. The summed E-state index contributed by atoms with van der Waals surface area (Å²) in [6, 6.07) is 7.72. The van der Waals surface area contributed by atoms with Crippen molar-refractivity contribution in [3.63, 3.8) is 0 Å². The highest BCUT2D eigenvalue weighted by Gasteiger charge is 2.19. The van der Waals surface area contributed by atoms with Crippen LogP contribution < -0.4 is 16.8 Å². The first-order valence-corrected chi connectivity index (χ1v) is 8.99. The quantitative estimate of drug-likeness (QED) is 0.584. The first kappa shape index (κ1) is 18.1. The summed E-state index contributed by atoms with van der Waals surface area (Å²) in [7, 11) is -3.69. The Kier molecular flexibility index (Phi) is 4.60. The van der Waals surface area contributed by atoms with Crippen LogP contribution in [0.25, 0.3) is 5.69 Å². The molecule has 0 atom stereocenters. The molecule has 0 radical (unpaired) electrons. The van der Waals surface area contributed by atoms with E-state index in [9.17, 15) is 18.0 Å². The second-order valence-electron chi connectivity index (χ2n) is 5.37. The Bertz CT molecular complexity index is 1110. The minimum absolute atomic E-state index is 0.0449. The number of hydrogen-bond acceptors (Lipinski definition) is 6. The van der Waals surface area contributed by atoms with Gasteiger partial charge in [-0.25, -0.2) is 17.9 Å². The number of rotatable bonds is 5. The van der Waals surface area contributed by atoms with Crippen molar-refractivity contribution in [1.29, 1.82) is 0 Å². The van der Waals surface area contributed by atoms with Gasteiger partial charge in [0.15, 0.2) is 5.69 Å². The van der Waals surface area contributed by atoms with Gasteiger partial charge in [-0.2, -0.15) is 5.10 Å². The monoisotopic (exact) mass is 386 g/mol. The molecule has 0 saturated heterocycles. The zero-order chi connectivity index (χ0) is 19.6. The van der Waals surface area contributed by atoms with Crippen molar-refractivity contribution in [3.05, 3.63) is 60.7 Å². The second-order valence-corrected chi connectivity index (χ2v) is 7.32. The molecule has 5 N–H and O–H groups in total. The number of urea groups is 1. The molecule has 0 spiro atoms. The first-order chi connectivity index (χ1) is 12.8. The maximum absolute atomic E-state index is 12.6. The van der Waals surface area contributed by atoms with Crippen LogP contribution >= 0.6 is 0 Å². The number of nitrogens with two attached hydrogens (primary N) is 2. The molecule has 3 aromatic rings. The number of hydrogen-bond donors (Lipinski definition) is 3. The number of sulfone groups is 1. The molecule has 138 valence electrons. The van der Waals surface area contributed by atoms with Gasteiger partial charge in [0, 0.05) is 12.4 Å². The number of benzene rings is 1. The number of carbonyl (C=O) groups is 2. The van der Waals surface area contributed by atoms with E-state index in [0.29, 0.717) is 5.69 Å². The Labute approximate surface area is 153 Å². The van der Waals surface area contributed by atoms with Crippen molar-refractivity contribution in [1.82, 2.24) is 14.8 Å². The van der Waals surface area contributed by atoms with Gasteiger partial charge in [-0.3, -0.25) is 9.78 Å². The van der Waals surface area contributed by atoms with E-state index in [4.69, 9.17) is 11.5 Å². The molecule has 10 nitrogen and oxygen atoms in total. The van der Waals surface area contributed by atoms with Crippen LogP contribution in [-0.4, -0.2) is 35.1 Å². The van der Waals surface area contributed by atoms with E-state index < -0.39 is 21.8 Å². The highest BCUT2D eigenvalue weighted by molar-refractivity contribution is 7.91. The molecule has 3 rings (SSSR count). The van der Waals surface area contributed by atoms with E-state index in [0.717, 1.165) is 0 Å². The predicted molar refractivity (Wildman–Crippen MR) is 95.0 cm³/mol. The van der Waals surface area contributed by atoms with Crippen molar-refractivity contribution >= 4 is 27.5 Å². The molecule has 11 heteroatoms. The predicted octanol–water partition coefficient (Wildman–Crippen LogP) is 0.690. The molecule has 0 aliphatic rings. The van der Waals surface area contributed by atoms with E-state index in [1.54, 1.807) is 0 Å². The zero-order valence-electron chi connectivity index (χ0n) is 13.7. The van der Waals surface area contributed by atoms with Crippen LogP contribution in [0.1, 0.15) is 10.5 Å². The Morgan fingerprint density at radius 2 is 1.56 bits per heavy atom. The fourth-order valence-corrected chi connectivity index (χ4v) is 3.59. The molecule has 0 aliphatic heterocycles. The van der Waals surface area contributed by atoms with Crippen LogP contribution in [0.5, 0.6) is 0 Å². The van der Waals surface area contributed by atoms with Crippen LogP contribution in [-0.2, 0) is 9.84 Å². The summed E-state index contributed by atoms with van der Waals surface area (Å²) in [6.07, 6.45) is 4.13. The van der Waals surface area contributed by atoms with Gasteiger partial charge in [0.1, 0.15) is 0 Å². The van der Waals surface area contributed by atoms with Gasteiger partial charge in [0.05, 0.1) is 27.4 Å². The molecule has 0 unspecified atom stereocenters. The van der Waals surface area contributed by atoms with Crippen LogP contribution in [0.15, 0.2) is 64.8 Å². The van der Waals surface area contributed by atoms with Crippen LogP contribution in [0.3, 0.4) is 0 Å². The molecular formula is C16H14N6O4S. The van der Waals surface area contributed by atoms with E-state index in [2.05, 4.69) is 15.4 Å². The maximum atomic E-state index is 12.6. The minimum atomic E-state index is -3.69. The Morgan fingerprint density at radius 3 is 2.11 bits per heavy atom. The van der Waals surface area contributed by atoms with Crippen molar-refractivity contribution in [3.8, 4) is 5.69 Å². The summed E-state index contributed by atoms with van der Waals surface area (Å²) >= 11 is 0. The summed E-state index contributed by atoms with van der Waals surface area (Å²) in [5, 5.41) is 6.25. The van der Waals surface area contributed by atoms with E-state index >= 15 is 0 Å². The maximum Gasteiger partial charge on any atom is 0.316 e. The smallest absolute Gasteiger partial charge is 0.316 e. The number of primary amides is 2. The minimum Gasteiger partial charge on any atom is -0.364 e. The summed E-state index contributed by atoms with van der Waals surface area (Å²) in [5.41, 5.74) is 10.6. The lowest BCUT2D eigenvalue weighted by Crippen LogP contribution is -2.22. The molecular weight excluding hydrogens is 372 g/mol. The van der Waals surface area contributed by atoms with Gasteiger partial charge in [-0.05, 0) is 36.4 Å². The van der Waals surface area contributed by atoms with Crippen LogP contribution in [0.4, 0.5) is 10.5 Å². The Morgan fingerprint density at radius 1 is 0.963 bits per heavy atom. The molecule has 0 fully saturated rings. The van der Waals surface area contributed by atoms with Gasteiger partial charge in [-0.15, -0.1) is 0 Å². The van der Waals surface area contributed by atoms with Crippen LogP contribution in [0, 0.1) is 0 Å². The van der Waals surface area contributed by atoms with Crippen molar-refractivity contribution < 1.29 is 18.0 Å². The second kappa shape index (κ2) is 6.88.